The first-order valence-corrected chi connectivity index (χ1v) is 17.0. The van der Waals surface area contributed by atoms with E-state index in [0.29, 0.717) is 40.3 Å². The summed E-state index contributed by atoms with van der Waals surface area (Å²) < 4.78 is 18.6. The zero-order valence-electron chi connectivity index (χ0n) is 26.7. The van der Waals surface area contributed by atoms with Crippen LogP contribution < -0.4 is 19.5 Å². The summed E-state index contributed by atoms with van der Waals surface area (Å²) in [6.45, 7) is 0.659. The second-order valence-corrected chi connectivity index (χ2v) is 12.6. The molecule has 5 aromatic rings. The van der Waals surface area contributed by atoms with E-state index in [1.54, 1.807) is 27.4 Å². The largest absolute Gasteiger partial charge is 0.497 e. The smallest absolute Gasteiger partial charge is 0.261 e. The van der Waals surface area contributed by atoms with Crippen molar-refractivity contribution in [3.8, 4) is 17.2 Å². The topological polar surface area (TPSA) is 120 Å². The number of thioether (sulfide) groups is 1. The summed E-state index contributed by atoms with van der Waals surface area (Å²) in [6, 6.07) is 26.3. The number of carbonyl (C=O) groups is 2. The Bertz CT molecular complexity index is 1890. The number of carbonyl (C=O) groups excluding carboxylic acids is 2. The van der Waals surface area contributed by atoms with Gasteiger partial charge in [-0.3, -0.25) is 9.59 Å². The molecule has 13 heteroatoms. The molecule has 0 saturated carbocycles. The molecule has 3 heterocycles. The highest BCUT2D eigenvalue weighted by atomic mass is 32.2. The Morgan fingerprint density at radius 1 is 0.917 bits per heavy atom. The molecule has 0 fully saturated rings. The van der Waals surface area contributed by atoms with Crippen molar-refractivity contribution >= 4 is 40.6 Å². The van der Waals surface area contributed by atoms with Gasteiger partial charge in [0, 0.05) is 12.0 Å². The Kier molecular flexibility index (Phi) is 10.4. The quantitative estimate of drug-likeness (QED) is 0.155. The number of benzene rings is 3. The van der Waals surface area contributed by atoms with Crippen LogP contribution in [0, 0.1) is 0 Å². The Labute approximate surface area is 286 Å². The molecule has 1 aliphatic rings. The highest BCUT2D eigenvalue weighted by Gasteiger charge is 2.36. The number of hydrogen-bond acceptors (Lipinski definition) is 10. The summed E-state index contributed by atoms with van der Waals surface area (Å²) in [4.78, 5) is 27.3. The Hall–Kier alpha value is -5.14. The summed E-state index contributed by atoms with van der Waals surface area (Å²) in [6.07, 6.45) is 0.477. The second-order valence-electron chi connectivity index (χ2n) is 10.7. The van der Waals surface area contributed by atoms with Gasteiger partial charge in [0.15, 0.2) is 22.5 Å². The average molecular weight is 683 g/mol. The molecular weight excluding hydrogens is 649 g/mol. The van der Waals surface area contributed by atoms with Gasteiger partial charge in [-0.05, 0) is 52.9 Å². The summed E-state index contributed by atoms with van der Waals surface area (Å²) in [5.41, 5.74) is 3.48. The third-order valence-corrected chi connectivity index (χ3v) is 9.66. The monoisotopic (exact) mass is 682 g/mol. The van der Waals surface area contributed by atoms with E-state index in [0.717, 1.165) is 28.2 Å². The number of amides is 2. The van der Waals surface area contributed by atoms with Gasteiger partial charge < -0.3 is 24.1 Å². The molecule has 2 aromatic heterocycles. The summed E-state index contributed by atoms with van der Waals surface area (Å²) in [5, 5.41) is 20.6. The van der Waals surface area contributed by atoms with E-state index in [1.807, 2.05) is 88.8 Å². The van der Waals surface area contributed by atoms with E-state index in [2.05, 4.69) is 15.5 Å². The zero-order valence-corrected chi connectivity index (χ0v) is 28.3. The highest BCUT2D eigenvalue weighted by Crippen LogP contribution is 2.42. The minimum absolute atomic E-state index is 0.0522. The van der Waals surface area contributed by atoms with Crippen molar-refractivity contribution in [1.82, 2.24) is 25.1 Å². The van der Waals surface area contributed by atoms with Crippen molar-refractivity contribution in [2.75, 3.05) is 27.1 Å². The fraction of sp³-hybridized carbons (Fsp3) is 0.229. The molecule has 0 radical (unpaired) electrons. The average Bonchev–Trinajstić information content (AvgIpc) is 3.91. The highest BCUT2D eigenvalue weighted by molar-refractivity contribution is 7.99. The van der Waals surface area contributed by atoms with Gasteiger partial charge in [-0.15, -0.1) is 21.5 Å². The summed E-state index contributed by atoms with van der Waals surface area (Å²) in [7, 11) is 4.79. The number of hydrazone groups is 1. The minimum atomic E-state index is -0.425. The lowest BCUT2D eigenvalue weighted by atomic mass is 9.97. The van der Waals surface area contributed by atoms with Crippen LogP contribution in [0.3, 0.4) is 0 Å². The first-order valence-electron chi connectivity index (χ1n) is 15.1. The molecule has 0 saturated heterocycles. The fourth-order valence-corrected chi connectivity index (χ4v) is 6.89. The van der Waals surface area contributed by atoms with Crippen molar-refractivity contribution in [2.45, 2.75) is 30.7 Å². The summed E-state index contributed by atoms with van der Waals surface area (Å²) >= 11 is 2.65. The number of hydrogen-bond donors (Lipinski definition) is 1. The maximum Gasteiger partial charge on any atom is 0.261 e. The molecular formula is C35H34N6O5S2. The van der Waals surface area contributed by atoms with Crippen molar-refractivity contribution in [1.29, 1.82) is 0 Å². The van der Waals surface area contributed by atoms with Crippen LogP contribution in [0.1, 0.15) is 44.6 Å². The number of nitrogens with zero attached hydrogens (tertiary/aromatic N) is 5. The van der Waals surface area contributed by atoms with E-state index in [1.165, 1.54) is 28.1 Å². The molecule has 0 aliphatic carbocycles. The lowest BCUT2D eigenvalue weighted by Gasteiger charge is -2.24. The van der Waals surface area contributed by atoms with E-state index >= 15 is 0 Å². The Balaban J connectivity index is 1.26. The van der Waals surface area contributed by atoms with Gasteiger partial charge in [-0.25, -0.2) is 5.01 Å². The Morgan fingerprint density at radius 3 is 2.44 bits per heavy atom. The molecule has 3 aromatic carbocycles. The van der Waals surface area contributed by atoms with Crippen molar-refractivity contribution in [3.63, 3.8) is 0 Å². The summed E-state index contributed by atoms with van der Waals surface area (Å²) in [5.74, 6) is 2.11. The van der Waals surface area contributed by atoms with Crippen molar-refractivity contribution in [3.05, 3.63) is 118 Å². The predicted molar refractivity (Wildman–Crippen MR) is 185 cm³/mol. The molecule has 48 heavy (non-hydrogen) atoms. The molecule has 6 rings (SSSR count). The molecule has 1 aliphatic heterocycles. The van der Waals surface area contributed by atoms with Gasteiger partial charge in [0.1, 0.15) is 5.75 Å². The van der Waals surface area contributed by atoms with E-state index < -0.39 is 6.04 Å². The van der Waals surface area contributed by atoms with Crippen molar-refractivity contribution < 1.29 is 23.8 Å². The number of nitrogens with one attached hydrogen (secondary N) is 1. The van der Waals surface area contributed by atoms with Crippen LogP contribution in [0.4, 0.5) is 0 Å². The first-order chi connectivity index (χ1) is 23.5. The molecule has 11 nitrogen and oxygen atoms in total. The molecule has 246 valence electrons. The van der Waals surface area contributed by atoms with Crippen LogP contribution in [-0.2, 0) is 17.9 Å². The van der Waals surface area contributed by atoms with Crippen LogP contribution in [0.15, 0.2) is 101 Å². The number of thiophene rings is 1. The minimum Gasteiger partial charge on any atom is -0.497 e. The molecule has 1 N–H and O–H groups in total. The molecule has 2 amide bonds. The first kappa shape index (κ1) is 32.8. The lowest BCUT2D eigenvalue weighted by molar-refractivity contribution is -0.130. The molecule has 1 atom stereocenters. The van der Waals surface area contributed by atoms with Crippen LogP contribution in [0.2, 0.25) is 0 Å². The van der Waals surface area contributed by atoms with Gasteiger partial charge in [0.25, 0.3) is 11.8 Å². The maximum absolute atomic E-state index is 14.0. The van der Waals surface area contributed by atoms with Gasteiger partial charge in [-0.2, -0.15) is 5.10 Å². The SMILES string of the molecule is COc1ccc(C2=NN(C(=O)CSc3nnc(CNC(=O)c4cccs4)n3Cc3ccccc3)[C@@H](c3cccc(OC)c3OC)C2)cc1. The van der Waals surface area contributed by atoms with Crippen LogP contribution in [0.25, 0.3) is 0 Å². The third-order valence-electron chi connectivity index (χ3n) is 7.84. The second kappa shape index (κ2) is 15.2. The number of rotatable bonds is 13. The van der Waals surface area contributed by atoms with E-state index in [-0.39, 0.29) is 24.1 Å². The zero-order chi connectivity index (χ0) is 33.5. The van der Waals surface area contributed by atoms with E-state index in [9.17, 15) is 9.59 Å². The Morgan fingerprint density at radius 2 is 1.73 bits per heavy atom. The van der Waals surface area contributed by atoms with Gasteiger partial charge in [0.2, 0.25) is 0 Å². The number of aromatic nitrogens is 3. The lowest BCUT2D eigenvalue weighted by Crippen LogP contribution is -2.29. The third kappa shape index (κ3) is 7.21. The van der Waals surface area contributed by atoms with Crippen LogP contribution in [0.5, 0.6) is 17.2 Å². The standard InChI is InChI=1S/C35H34N6O5S2/c1-44-25-16-14-24(15-17-25)27-19-28(26-11-7-12-29(45-2)33(26)46-3)41(39-27)32(42)22-48-35-38-37-31(20-36-34(43)30-13-8-18-47-30)40(35)21-23-9-5-4-6-10-23/h4-18,28H,19-22H2,1-3H3,(H,36,43)/t28-/m1/s1. The van der Waals surface area contributed by atoms with Gasteiger partial charge in [0.05, 0.1) is 56.8 Å². The molecule has 0 unspecified atom stereocenters. The number of ether oxygens (including phenoxy) is 3. The predicted octanol–water partition coefficient (Wildman–Crippen LogP) is 5.81. The van der Waals surface area contributed by atoms with Crippen LogP contribution >= 0.6 is 23.1 Å². The fourth-order valence-electron chi connectivity index (χ4n) is 5.44. The van der Waals surface area contributed by atoms with Crippen molar-refractivity contribution in [2.24, 2.45) is 5.10 Å². The van der Waals surface area contributed by atoms with Gasteiger partial charge in [-0.1, -0.05) is 60.3 Å². The van der Waals surface area contributed by atoms with Crippen LogP contribution in [-0.4, -0.2) is 64.4 Å². The molecule has 0 spiro atoms. The normalized spacial score (nSPS) is 14.0. The number of para-hydroxylation sites is 1. The maximum atomic E-state index is 14.0. The van der Waals surface area contributed by atoms with Gasteiger partial charge >= 0.3 is 0 Å². The number of methoxy groups -OCH3 is 3. The van der Waals surface area contributed by atoms with E-state index in [4.69, 9.17) is 19.3 Å². The molecule has 0 bridgehead atoms.